The summed E-state index contributed by atoms with van der Waals surface area (Å²) in [5.41, 5.74) is 6.18. The molecule has 0 radical (unpaired) electrons. The van der Waals surface area contributed by atoms with E-state index in [1.807, 2.05) is 4.90 Å². The summed E-state index contributed by atoms with van der Waals surface area (Å²) in [5, 5.41) is 8.88. The van der Waals surface area contributed by atoms with Crippen LogP contribution in [-0.2, 0) is 9.53 Å². The third kappa shape index (κ3) is 5.35. The zero-order valence-corrected chi connectivity index (χ0v) is 17.6. The van der Waals surface area contributed by atoms with E-state index in [-0.39, 0.29) is 12.0 Å². The van der Waals surface area contributed by atoms with Crippen molar-refractivity contribution >= 4 is 29.3 Å². The molecule has 0 unspecified atom stereocenters. The first-order valence-corrected chi connectivity index (χ1v) is 10.0. The monoisotopic (exact) mass is 448 g/mol. The number of nitrogens with zero attached hydrogens (tertiary/aromatic N) is 3. The van der Waals surface area contributed by atoms with Crippen LogP contribution < -0.4 is 15.5 Å². The lowest BCUT2D eigenvalue weighted by atomic mass is 10.2. The Morgan fingerprint density at radius 3 is 2.41 bits per heavy atom. The molecule has 0 aliphatic carbocycles. The number of carbonyl (C=O) groups is 3. The van der Waals surface area contributed by atoms with Crippen LogP contribution in [0.25, 0.3) is 0 Å². The van der Waals surface area contributed by atoms with Crippen LogP contribution in [0.15, 0.2) is 41.2 Å². The van der Waals surface area contributed by atoms with Crippen molar-refractivity contribution < 1.29 is 33.0 Å². The lowest BCUT2D eigenvalue weighted by molar-refractivity contribution is -0.134. The molecule has 0 bridgehead atoms. The predicted octanol–water partition coefficient (Wildman–Crippen LogP) is 1.19. The second-order valence-corrected chi connectivity index (χ2v) is 7.34. The molecule has 2 aromatic rings. The minimum absolute atomic E-state index is 0.211. The second-order valence-electron chi connectivity index (χ2n) is 7.34. The quantitative estimate of drug-likeness (QED) is 0.719. The Balaban J connectivity index is 0.000000305. The van der Waals surface area contributed by atoms with Gasteiger partial charge in [0, 0.05) is 26.2 Å². The zero-order valence-electron chi connectivity index (χ0n) is 17.6. The smallest absolute Gasteiger partial charge is 0.414 e. The highest BCUT2D eigenvalue weighted by molar-refractivity contribution is 5.92. The van der Waals surface area contributed by atoms with Gasteiger partial charge in [-0.3, -0.25) is 14.5 Å². The molecule has 3 heterocycles. The number of rotatable bonds is 4. The second kappa shape index (κ2) is 10.1. The molecule has 2 aliphatic heterocycles. The van der Waals surface area contributed by atoms with Gasteiger partial charge in [-0.15, -0.1) is 0 Å². The molecular weight excluding hydrogens is 423 g/mol. The fourth-order valence-electron chi connectivity index (χ4n) is 3.44. The number of piperazine rings is 1. The fraction of sp³-hybridized carbons (Fsp3) is 0.381. The van der Waals surface area contributed by atoms with E-state index in [9.17, 15) is 18.8 Å². The topological polar surface area (TPSA) is 130 Å². The number of hydrogen-bond acceptors (Lipinski definition) is 7. The first-order valence-electron chi connectivity index (χ1n) is 10.0. The van der Waals surface area contributed by atoms with Gasteiger partial charge in [-0.05, 0) is 31.2 Å². The molecule has 172 valence electrons. The van der Waals surface area contributed by atoms with Crippen LogP contribution in [0.5, 0.6) is 0 Å². The van der Waals surface area contributed by atoms with Crippen molar-refractivity contribution in [1.29, 1.82) is 0 Å². The number of aliphatic hydroxyl groups excluding tert-OH is 1. The van der Waals surface area contributed by atoms with E-state index in [0.29, 0.717) is 49.7 Å². The summed E-state index contributed by atoms with van der Waals surface area (Å²) in [4.78, 5) is 38.2. The first-order chi connectivity index (χ1) is 15.3. The van der Waals surface area contributed by atoms with Crippen molar-refractivity contribution in [2.75, 3.05) is 49.1 Å². The van der Waals surface area contributed by atoms with E-state index in [2.05, 4.69) is 4.42 Å². The summed E-state index contributed by atoms with van der Waals surface area (Å²) >= 11 is 0. The number of halogens is 1. The first kappa shape index (κ1) is 23.1. The molecule has 2 fully saturated rings. The highest BCUT2D eigenvalue weighted by atomic mass is 19.1. The Kier molecular flexibility index (Phi) is 7.31. The van der Waals surface area contributed by atoms with Crippen LogP contribution in [-0.4, -0.2) is 73.3 Å². The van der Waals surface area contributed by atoms with Gasteiger partial charge in [0.2, 0.25) is 5.91 Å². The van der Waals surface area contributed by atoms with Crippen molar-refractivity contribution in [2.24, 2.45) is 5.73 Å². The van der Waals surface area contributed by atoms with Crippen LogP contribution >= 0.6 is 0 Å². The number of amides is 3. The maximum atomic E-state index is 14.5. The maximum absolute atomic E-state index is 14.5. The summed E-state index contributed by atoms with van der Waals surface area (Å²) in [6.45, 7) is 3.55. The number of aliphatic hydroxyl groups is 1. The van der Waals surface area contributed by atoms with Crippen molar-refractivity contribution in [3.05, 3.63) is 48.2 Å². The molecule has 1 atom stereocenters. The highest BCUT2D eigenvalue weighted by Crippen LogP contribution is 2.28. The predicted molar refractivity (Wildman–Crippen MR) is 113 cm³/mol. The minimum atomic E-state index is -0.507. The van der Waals surface area contributed by atoms with Crippen LogP contribution in [0, 0.1) is 5.82 Å². The number of benzene rings is 1. The standard InChI is InChI=1S/C16H20FN3O4.C5H5NO2/c1-11-9-20(16(23)24-11)12-2-3-14(13(17)8-12)18-4-6-19(7-5-18)15(22)10-21;6-5(7)4-1-2-8-3-4/h2-3,8,11,21H,4-7,9-10H2,1H3;1-3H,(H2,6,7)/t11-;/m0./s1. The number of anilines is 2. The third-order valence-electron chi connectivity index (χ3n) is 5.12. The number of ether oxygens (including phenoxy) is 1. The summed E-state index contributed by atoms with van der Waals surface area (Å²) in [6.07, 6.45) is 2.03. The number of furan rings is 1. The Labute approximate surface area is 183 Å². The van der Waals surface area contributed by atoms with Crippen LogP contribution in [0.2, 0.25) is 0 Å². The van der Waals surface area contributed by atoms with Crippen LogP contribution in [0.1, 0.15) is 17.3 Å². The molecule has 4 rings (SSSR count). The van der Waals surface area contributed by atoms with Gasteiger partial charge in [-0.2, -0.15) is 0 Å². The summed E-state index contributed by atoms with van der Waals surface area (Å²) in [6, 6.07) is 6.19. The van der Waals surface area contributed by atoms with E-state index >= 15 is 0 Å². The van der Waals surface area contributed by atoms with E-state index in [1.54, 1.807) is 24.0 Å². The molecule has 2 aliphatic rings. The van der Waals surface area contributed by atoms with E-state index in [0.717, 1.165) is 0 Å². The van der Waals surface area contributed by atoms with Gasteiger partial charge in [0.15, 0.2) is 0 Å². The maximum Gasteiger partial charge on any atom is 0.414 e. The molecule has 0 saturated carbocycles. The molecule has 10 nitrogen and oxygen atoms in total. The summed E-state index contributed by atoms with van der Waals surface area (Å²) in [7, 11) is 0. The summed E-state index contributed by atoms with van der Waals surface area (Å²) in [5.74, 6) is -1.19. The Morgan fingerprint density at radius 2 is 1.94 bits per heavy atom. The van der Waals surface area contributed by atoms with Crippen molar-refractivity contribution in [2.45, 2.75) is 13.0 Å². The minimum Gasteiger partial charge on any atom is -0.472 e. The molecule has 0 spiro atoms. The molecule has 1 aromatic carbocycles. The number of primary amides is 1. The van der Waals surface area contributed by atoms with Gasteiger partial charge in [0.05, 0.1) is 29.7 Å². The number of nitrogens with two attached hydrogens (primary N) is 1. The third-order valence-corrected chi connectivity index (χ3v) is 5.12. The van der Waals surface area contributed by atoms with Crippen molar-refractivity contribution in [1.82, 2.24) is 4.90 Å². The van der Waals surface area contributed by atoms with Crippen molar-refractivity contribution in [3.63, 3.8) is 0 Å². The van der Waals surface area contributed by atoms with E-state index < -0.39 is 24.4 Å². The van der Waals surface area contributed by atoms with Crippen LogP contribution in [0.4, 0.5) is 20.6 Å². The largest absolute Gasteiger partial charge is 0.472 e. The molecular formula is C21H25FN4O6. The molecule has 2 saturated heterocycles. The average molecular weight is 448 g/mol. The van der Waals surface area contributed by atoms with Crippen LogP contribution in [0.3, 0.4) is 0 Å². The van der Waals surface area contributed by atoms with Gasteiger partial charge in [0.1, 0.15) is 24.8 Å². The number of carbonyl (C=O) groups excluding carboxylic acids is 3. The molecule has 11 heteroatoms. The SMILES string of the molecule is C[C@H]1CN(c2ccc(N3CCN(C(=O)CO)CC3)c(F)c2)C(=O)O1.NC(=O)c1ccoc1. The lowest BCUT2D eigenvalue weighted by Gasteiger charge is -2.36. The Bertz CT molecular complexity index is 959. The lowest BCUT2D eigenvalue weighted by Crippen LogP contribution is -2.49. The van der Waals surface area contributed by atoms with Gasteiger partial charge in [0.25, 0.3) is 5.91 Å². The Hall–Kier alpha value is -3.60. The number of hydrogen-bond donors (Lipinski definition) is 2. The average Bonchev–Trinajstić information content (AvgIpc) is 3.43. The normalized spacial score (nSPS) is 18.2. The molecule has 32 heavy (non-hydrogen) atoms. The summed E-state index contributed by atoms with van der Waals surface area (Å²) < 4.78 is 24.1. The van der Waals surface area contributed by atoms with Gasteiger partial charge in [-0.25, -0.2) is 9.18 Å². The zero-order chi connectivity index (χ0) is 23.3. The highest BCUT2D eigenvalue weighted by Gasteiger charge is 2.30. The molecule has 1 aromatic heterocycles. The van der Waals surface area contributed by atoms with Crippen molar-refractivity contribution in [3.8, 4) is 0 Å². The fourth-order valence-corrected chi connectivity index (χ4v) is 3.44. The van der Waals surface area contributed by atoms with Gasteiger partial charge < -0.3 is 29.8 Å². The number of cyclic esters (lactones) is 1. The molecule has 3 amide bonds. The van der Waals surface area contributed by atoms with Gasteiger partial charge >= 0.3 is 6.09 Å². The van der Waals surface area contributed by atoms with E-state index in [4.69, 9.17) is 15.6 Å². The molecule has 3 N–H and O–H groups in total. The van der Waals surface area contributed by atoms with E-state index in [1.165, 1.54) is 29.6 Å². The Morgan fingerprint density at radius 1 is 1.22 bits per heavy atom. The van der Waals surface area contributed by atoms with Gasteiger partial charge in [-0.1, -0.05) is 0 Å².